The molecule has 0 spiro atoms. The van der Waals surface area contributed by atoms with E-state index in [1.807, 2.05) is 22.8 Å². The van der Waals surface area contributed by atoms with E-state index in [2.05, 4.69) is 0 Å². The Balaban J connectivity index is 2.03. The number of aryl methyl sites for hydroxylation is 1. The zero-order chi connectivity index (χ0) is 16.6. The van der Waals surface area contributed by atoms with Gasteiger partial charge in [0.2, 0.25) is 0 Å². The smallest absolute Gasteiger partial charge is 0.328 e. The number of nitrogens with one attached hydrogen (secondary N) is 1. The SMILES string of the molecule is COc1ccc2c(c1)n(CC1CCCCC1C(=N)N)c(=O)n2C. The summed E-state index contributed by atoms with van der Waals surface area (Å²) in [5, 5.41) is 7.84. The molecule has 0 aliphatic heterocycles. The first kappa shape index (κ1) is 15.6. The number of ether oxygens (including phenoxy) is 1. The number of hydrogen-bond acceptors (Lipinski definition) is 3. The summed E-state index contributed by atoms with van der Waals surface area (Å²) in [5.74, 6) is 1.32. The van der Waals surface area contributed by atoms with Crippen LogP contribution in [0.4, 0.5) is 0 Å². The topological polar surface area (TPSA) is 86.0 Å². The van der Waals surface area contributed by atoms with Gasteiger partial charge in [0.1, 0.15) is 5.75 Å². The molecule has 2 aromatic rings. The minimum absolute atomic E-state index is 0.0267. The molecule has 23 heavy (non-hydrogen) atoms. The first-order valence-electron chi connectivity index (χ1n) is 8.10. The fourth-order valence-corrected chi connectivity index (χ4v) is 3.76. The highest BCUT2D eigenvalue weighted by Crippen LogP contribution is 2.32. The average Bonchev–Trinajstić information content (AvgIpc) is 2.79. The van der Waals surface area contributed by atoms with Gasteiger partial charge in [0.05, 0.1) is 24.0 Å². The summed E-state index contributed by atoms with van der Waals surface area (Å²) >= 11 is 0. The normalized spacial score (nSPS) is 21.5. The predicted octanol–water partition coefficient (Wildman–Crippen LogP) is 2.09. The number of rotatable bonds is 4. The quantitative estimate of drug-likeness (QED) is 0.669. The molecule has 6 heteroatoms. The third-order valence-electron chi connectivity index (χ3n) is 5.08. The van der Waals surface area contributed by atoms with Crippen molar-refractivity contribution in [2.75, 3.05) is 7.11 Å². The van der Waals surface area contributed by atoms with Gasteiger partial charge in [-0.05, 0) is 30.9 Å². The summed E-state index contributed by atoms with van der Waals surface area (Å²) in [5.41, 5.74) is 7.53. The van der Waals surface area contributed by atoms with Gasteiger partial charge in [0.25, 0.3) is 0 Å². The van der Waals surface area contributed by atoms with E-state index in [0.29, 0.717) is 6.54 Å². The van der Waals surface area contributed by atoms with Crippen LogP contribution in [0.25, 0.3) is 11.0 Å². The largest absolute Gasteiger partial charge is 0.497 e. The van der Waals surface area contributed by atoms with Crippen LogP contribution in [-0.4, -0.2) is 22.1 Å². The van der Waals surface area contributed by atoms with Crippen LogP contribution in [0.2, 0.25) is 0 Å². The number of fused-ring (bicyclic) bond motifs is 1. The Labute approximate surface area is 135 Å². The maximum atomic E-state index is 12.6. The van der Waals surface area contributed by atoms with E-state index in [4.69, 9.17) is 15.9 Å². The maximum absolute atomic E-state index is 12.6. The Kier molecular flexibility index (Phi) is 4.15. The molecule has 2 atom stereocenters. The lowest BCUT2D eigenvalue weighted by Crippen LogP contribution is -2.36. The molecule has 0 bridgehead atoms. The van der Waals surface area contributed by atoms with Gasteiger partial charge in [0, 0.05) is 25.6 Å². The van der Waals surface area contributed by atoms with Crippen molar-refractivity contribution < 1.29 is 4.74 Å². The van der Waals surface area contributed by atoms with Crippen LogP contribution in [0.5, 0.6) is 5.75 Å². The number of nitrogens with two attached hydrogens (primary N) is 1. The second-order valence-corrected chi connectivity index (χ2v) is 6.41. The highest BCUT2D eigenvalue weighted by atomic mass is 16.5. The minimum Gasteiger partial charge on any atom is -0.497 e. The molecule has 6 nitrogen and oxygen atoms in total. The third kappa shape index (κ3) is 2.73. The standard InChI is InChI=1S/C17H24N4O2/c1-20-14-8-7-12(23-2)9-15(14)21(17(20)22)10-11-5-3-4-6-13(11)16(18)19/h7-9,11,13H,3-6,10H2,1-2H3,(H3,18,19). The van der Waals surface area contributed by atoms with Gasteiger partial charge in [-0.2, -0.15) is 0 Å². The van der Waals surface area contributed by atoms with Gasteiger partial charge in [-0.1, -0.05) is 12.8 Å². The molecule has 3 rings (SSSR count). The number of methoxy groups -OCH3 is 1. The van der Waals surface area contributed by atoms with Crippen molar-refractivity contribution in [3.63, 3.8) is 0 Å². The molecule has 0 radical (unpaired) electrons. The Hall–Kier alpha value is -2.24. The Morgan fingerprint density at radius 3 is 2.78 bits per heavy atom. The molecule has 124 valence electrons. The second-order valence-electron chi connectivity index (χ2n) is 6.41. The average molecular weight is 316 g/mol. The first-order valence-corrected chi connectivity index (χ1v) is 8.10. The molecule has 1 aliphatic rings. The van der Waals surface area contributed by atoms with E-state index in [-0.39, 0.29) is 23.4 Å². The van der Waals surface area contributed by atoms with Crippen LogP contribution in [0, 0.1) is 17.2 Å². The molecule has 1 fully saturated rings. The van der Waals surface area contributed by atoms with Crippen molar-refractivity contribution in [1.82, 2.24) is 9.13 Å². The fourth-order valence-electron chi connectivity index (χ4n) is 3.76. The molecule has 0 amide bonds. The van der Waals surface area contributed by atoms with Crippen LogP contribution in [0.15, 0.2) is 23.0 Å². The first-order chi connectivity index (χ1) is 11.0. The van der Waals surface area contributed by atoms with Crippen molar-refractivity contribution >= 4 is 16.9 Å². The van der Waals surface area contributed by atoms with Crippen LogP contribution in [-0.2, 0) is 13.6 Å². The summed E-state index contributed by atoms with van der Waals surface area (Å²) in [4.78, 5) is 12.6. The molecule has 2 unspecified atom stereocenters. The van der Waals surface area contributed by atoms with Gasteiger partial charge in [-0.25, -0.2) is 4.79 Å². The molecule has 1 aromatic heterocycles. The molecular formula is C17H24N4O2. The third-order valence-corrected chi connectivity index (χ3v) is 5.08. The predicted molar refractivity (Wildman–Crippen MR) is 91.1 cm³/mol. The van der Waals surface area contributed by atoms with Crippen LogP contribution >= 0.6 is 0 Å². The zero-order valence-electron chi connectivity index (χ0n) is 13.7. The maximum Gasteiger partial charge on any atom is 0.328 e. The fraction of sp³-hybridized carbons (Fsp3) is 0.529. The number of aromatic nitrogens is 2. The van der Waals surface area contributed by atoms with Gasteiger partial charge < -0.3 is 10.5 Å². The van der Waals surface area contributed by atoms with E-state index >= 15 is 0 Å². The van der Waals surface area contributed by atoms with Crippen molar-refractivity contribution in [1.29, 1.82) is 5.41 Å². The Morgan fingerprint density at radius 1 is 1.35 bits per heavy atom. The number of hydrogen-bond donors (Lipinski definition) is 2. The van der Waals surface area contributed by atoms with Gasteiger partial charge in [0.15, 0.2) is 0 Å². The molecular weight excluding hydrogens is 292 g/mol. The molecule has 1 aliphatic carbocycles. The highest BCUT2D eigenvalue weighted by molar-refractivity contribution is 5.80. The van der Waals surface area contributed by atoms with Crippen molar-refractivity contribution in [3.8, 4) is 5.75 Å². The van der Waals surface area contributed by atoms with Gasteiger partial charge >= 0.3 is 5.69 Å². The van der Waals surface area contributed by atoms with E-state index < -0.39 is 0 Å². The molecule has 1 saturated carbocycles. The van der Waals surface area contributed by atoms with Gasteiger partial charge in [-0.15, -0.1) is 0 Å². The zero-order valence-corrected chi connectivity index (χ0v) is 13.7. The van der Waals surface area contributed by atoms with Gasteiger partial charge in [-0.3, -0.25) is 14.5 Å². The lowest BCUT2D eigenvalue weighted by Gasteiger charge is -2.30. The molecule has 0 saturated heterocycles. The van der Waals surface area contributed by atoms with Crippen LogP contribution < -0.4 is 16.2 Å². The minimum atomic E-state index is -0.0267. The Morgan fingerprint density at radius 2 is 2.09 bits per heavy atom. The number of benzene rings is 1. The van der Waals surface area contributed by atoms with Crippen molar-refractivity contribution in [2.24, 2.45) is 24.6 Å². The Bertz CT molecular complexity index is 790. The molecule has 3 N–H and O–H groups in total. The number of imidazole rings is 1. The summed E-state index contributed by atoms with van der Waals surface area (Å²) in [6.07, 6.45) is 4.20. The lowest BCUT2D eigenvalue weighted by atomic mass is 9.78. The lowest BCUT2D eigenvalue weighted by molar-refractivity contribution is 0.266. The highest BCUT2D eigenvalue weighted by Gasteiger charge is 2.29. The van der Waals surface area contributed by atoms with Crippen LogP contribution in [0.3, 0.4) is 0 Å². The van der Waals surface area contributed by atoms with E-state index in [0.717, 1.165) is 42.5 Å². The number of nitrogens with zero attached hydrogens (tertiary/aromatic N) is 2. The van der Waals surface area contributed by atoms with E-state index in [1.165, 1.54) is 0 Å². The van der Waals surface area contributed by atoms with Crippen molar-refractivity contribution in [3.05, 3.63) is 28.7 Å². The summed E-state index contributed by atoms with van der Waals surface area (Å²) < 4.78 is 8.77. The van der Waals surface area contributed by atoms with E-state index in [9.17, 15) is 4.79 Å². The molecule has 1 aromatic carbocycles. The summed E-state index contributed by atoms with van der Waals surface area (Å²) in [7, 11) is 3.41. The number of amidine groups is 1. The van der Waals surface area contributed by atoms with Crippen LogP contribution in [0.1, 0.15) is 25.7 Å². The monoisotopic (exact) mass is 316 g/mol. The van der Waals surface area contributed by atoms with Crippen molar-refractivity contribution in [2.45, 2.75) is 32.2 Å². The van der Waals surface area contributed by atoms with E-state index in [1.54, 1.807) is 18.7 Å². The summed E-state index contributed by atoms with van der Waals surface area (Å²) in [6, 6.07) is 5.68. The molecule has 1 heterocycles. The second kappa shape index (κ2) is 6.10. The summed E-state index contributed by atoms with van der Waals surface area (Å²) in [6.45, 7) is 0.605.